The molecule has 4 aromatic heterocycles. The summed E-state index contributed by atoms with van der Waals surface area (Å²) in [6.07, 6.45) is 0. The molecule has 0 atom stereocenters. The normalized spacial score (nSPS) is 11.9. The van der Waals surface area contributed by atoms with Crippen molar-refractivity contribution in [2.24, 2.45) is 0 Å². The third-order valence-corrected chi connectivity index (χ3v) is 12.1. The van der Waals surface area contributed by atoms with Crippen molar-refractivity contribution >= 4 is 75.4 Å². The zero-order chi connectivity index (χ0) is 37.5. The average molecular weight is 748 g/mol. The van der Waals surface area contributed by atoms with Crippen molar-refractivity contribution in [1.82, 2.24) is 15.0 Å². The summed E-state index contributed by atoms with van der Waals surface area (Å²) in [6, 6.07) is 61.0. The lowest BCUT2D eigenvalue weighted by Crippen LogP contribution is -2.00. The maximum absolute atomic E-state index is 6.48. The highest BCUT2D eigenvalue weighted by Crippen LogP contribution is 2.44. The topological polar surface area (TPSA) is 65.0 Å². The summed E-state index contributed by atoms with van der Waals surface area (Å²) in [4.78, 5) is 15.5. The third-order valence-electron chi connectivity index (χ3n) is 10.9. The van der Waals surface area contributed by atoms with Gasteiger partial charge in [-0.15, -0.1) is 11.3 Å². The van der Waals surface area contributed by atoms with E-state index in [4.69, 9.17) is 23.8 Å². The summed E-state index contributed by atoms with van der Waals surface area (Å²) in [5.41, 5.74) is 10.6. The molecule has 0 radical (unpaired) electrons. The minimum absolute atomic E-state index is 0.568. The Morgan fingerprint density at radius 3 is 1.70 bits per heavy atom. The van der Waals surface area contributed by atoms with Gasteiger partial charge in [0.05, 0.1) is 5.56 Å². The van der Waals surface area contributed by atoms with E-state index in [0.29, 0.717) is 17.5 Å². The molecular formula is C51H29N3O2S. The van der Waals surface area contributed by atoms with Crippen molar-refractivity contribution < 1.29 is 8.83 Å². The fourth-order valence-electron chi connectivity index (χ4n) is 8.27. The first-order chi connectivity index (χ1) is 28.2. The molecule has 0 amide bonds. The molecule has 0 aliphatic carbocycles. The van der Waals surface area contributed by atoms with Gasteiger partial charge in [-0.25, -0.2) is 15.0 Å². The highest BCUT2D eigenvalue weighted by Gasteiger charge is 2.21. The number of furan rings is 2. The van der Waals surface area contributed by atoms with Gasteiger partial charge < -0.3 is 8.83 Å². The van der Waals surface area contributed by atoms with Crippen LogP contribution in [0.3, 0.4) is 0 Å². The van der Waals surface area contributed by atoms with Crippen molar-refractivity contribution in [3.63, 3.8) is 0 Å². The van der Waals surface area contributed by atoms with Gasteiger partial charge in [0.25, 0.3) is 0 Å². The molecule has 0 saturated heterocycles. The number of thiophene rings is 1. The SMILES string of the molecule is c1ccc(-c2nc(-c3cccc4c3oc3ccccc34)nc(-c3cccc4sc5cc(-c6cc(-c7ccccc7)c7oc8ccccc8c7c6)ccc5c34)n2)cc1. The molecule has 266 valence electrons. The van der Waals surface area contributed by atoms with Gasteiger partial charge in [-0.2, -0.15) is 0 Å². The minimum Gasteiger partial charge on any atom is -0.455 e. The highest BCUT2D eigenvalue weighted by molar-refractivity contribution is 7.26. The lowest BCUT2D eigenvalue weighted by Gasteiger charge is -2.10. The Bertz CT molecular complexity index is 3530. The van der Waals surface area contributed by atoms with Gasteiger partial charge in [-0.1, -0.05) is 133 Å². The van der Waals surface area contributed by atoms with E-state index in [-0.39, 0.29) is 0 Å². The predicted molar refractivity (Wildman–Crippen MR) is 234 cm³/mol. The molecule has 5 nitrogen and oxygen atoms in total. The molecular weight excluding hydrogens is 719 g/mol. The lowest BCUT2D eigenvalue weighted by molar-refractivity contribution is 0.669. The van der Waals surface area contributed by atoms with E-state index in [1.165, 1.54) is 9.40 Å². The summed E-state index contributed by atoms with van der Waals surface area (Å²) in [5, 5.41) is 6.61. The number of hydrogen-bond acceptors (Lipinski definition) is 6. The van der Waals surface area contributed by atoms with Crippen LogP contribution in [-0.2, 0) is 0 Å². The third kappa shape index (κ3) is 5.12. The first kappa shape index (κ1) is 31.9. The van der Waals surface area contributed by atoms with Crippen LogP contribution in [0.4, 0.5) is 0 Å². The number of fused-ring (bicyclic) bond motifs is 9. The Labute approximate surface area is 330 Å². The molecule has 0 fully saturated rings. The van der Waals surface area contributed by atoms with Crippen LogP contribution in [-0.4, -0.2) is 15.0 Å². The van der Waals surface area contributed by atoms with Crippen molar-refractivity contribution in [3.05, 3.63) is 176 Å². The predicted octanol–water partition coefficient (Wildman–Crippen LogP) is 14.4. The monoisotopic (exact) mass is 747 g/mol. The molecule has 12 rings (SSSR count). The van der Waals surface area contributed by atoms with Gasteiger partial charge in [0, 0.05) is 58.4 Å². The molecule has 57 heavy (non-hydrogen) atoms. The molecule has 0 aliphatic rings. The number of hydrogen-bond donors (Lipinski definition) is 0. The molecule has 8 aromatic carbocycles. The van der Waals surface area contributed by atoms with Crippen LogP contribution in [0.5, 0.6) is 0 Å². The number of rotatable bonds is 5. The van der Waals surface area contributed by atoms with Gasteiger partial charge in [-0.3, -0.25) is 0 Å². The standard InChI is InChI=1S/C51H29N3O2S/c1-3-13-30(14-4-1)40-27-33(28-41-35-18-8-10-23-43(35)56-48(40)41)32-25-26-37-45(29-32)57-44-24-12-20-38(46(37)44)50-52-49(31-15-5-2-6-16-31)53-51(54-50)39-21-11-19-36-34-17-7-9-22-42(34)55-47(36)39/h1-29H. The van der Waals surface area contributed by atoms with Gasteiger partial charge in [0.2, 0.25) is 0 Å². The second-order valence-electron chi connectivity index (χ2n) is 14.3. The van der Waals surface area contributed by atoms with Gasteiger partial charge >= 0.3 is 0 Å². The fourth-order valence-corrected chi connectivity index (χ4v) is 9.45. The summed E-state index contributed by atoms with van der Waals surface area (Å²) < 4.78 is 15.3. The van der Waals surface area contributed by atoms with Crippen molar-refractivity contribution in [2.75, 3.05) is 0 Å². The summed E-state index contributed by atoms with van der Waals surface area (Å²) in [6.45, 7) is 0. The van der Waals surface area contributed by atoms with E-state index in [9.17, 15) is 0 Å². The van der Waals surface area contributed by atoms with Crippen LogP contribution in [0.2, 0.25) is 0 Å². The Morgan fingerprint density at radius 1 is 0.333 bits per heavy atom. The van der Waals surface area contributed by atoms with E-state index >= 15 is 0 Å². The summed E-state index contributed by atoms with van der Waals surface area (Å²) in [7, 11) is 0. The molecule has 0 spiro atoms. The molecule has 0 bridgehead atoms. The van der Waals surface area contributed by atoms with Gasteiger partial charge in [0.15, 0.2) is 17.5 Å². The van der Waals surface area contributed by atoms with Crippen molar-refractivity contribution in [2.45, 2.75) is 0 Å². The van der Waals surface area contributed by atoms with Crippen LogP contribution in [0.15, 0.2) is 185 Å². The van der Waals surface area contributed by atoms with E-state index in [2.05, 4.69) is 97.1 Å². The number of para-hydroxylation sites is 3. The summed E-state index contributed by atoms with van der Waals surface area (Å²) in [5.74, 6) is 1.80. The van der Waals surface area contributed by atoms with Gasteiger partial charge in [0.1, 0.15) is 22.3 Å². The molecule has 0 N–H and O–H groups in total. The molecule has 0 saturated carbocycles. The smallest absolute Gasteiger partial charge is 0.167 e. The zero-order valence-corrected chi connectivity index (χ0v) is 31.1. The molecule has 0 aliphatic heterocycles. The van der Waals surface area contributed by atoms with Crippen molar-refractivity contribution in [3.8, 4) is 56.4 Å². The lowest BCUT2D eigenvalue weighted by atomic mass is 9.95. The van der Waals surface area contributed by atoms with Crippen LogP contribution >= 0.6 is 11.3 Å². The second-order valence-corrected chi connectivity index (χ2v) is 15.4. The van der Waals surface area contributed by atoms with Crippen LogP contribution in [0, 0.1) is 0 Å². The van der Waals surface area contributed by atoms with E-state index in [1.54, 1.807) is 11.3 Å². The number of nitrogens with zero attached hydrogens (tertiary/aromatic N) is 3. The molecule has 6 heteroatoms. The van der Waals surface area contributed by atoms with Crippen LogP contribution in [0.1, 0.15) is 0 Å². The fraction of sp³-hybridized carbons (Fsp3) is 0. The van der Waals surface area contributed by atoms with E-state index < -0.39 is 0 Å². The minimum atomic E-state index is 0.568. The maximum atomic E-state index is 6.48. The van der Waals surface area contributed by atoms with E-state index in [0.717, 1.165) is 93.6 Å². The molecule has 0 unspecified atom stereocenters. The first-order valence-electron chi connectivity index (χ1n) is 18.9. The first-order valence-corrected chi connectivity index (χ1v) is 19.7. The van der Waals surface area contributed by atoms with E-state index in [1.807, 2.05) is 78.9 Å². The Hall–Kier alpha value is -7.41. The van der Waals surface area contributed by atoms with Gasteiger partial charge in [-0.05, 0) is 59.2 Å². The largest absolute Gasteiger partial charge is 0.455 e. The Morgan fingerprint density at radius 2 is 0.930 bits per heavy atom. The Balaban J connectivity index is 1.05. The molecule has 12 aromatic rings. The van der Waals surface area contributed by atoms with Crippen LogP contribution < -0.4 is 0 Å². The highest BCUT2D eigenvalue weighted by atomic mass is 32.1. The second kappa shape index (κ2) is 12.6. The quantitative estimate of drug-likeness (QED) is 0.175. The maximum Gasteiger partial charge on any atom is 0.167 e. The Kier molecular flexibility index (Phi) is 7.03. The van der Waals surface area contributed by atoms with Crippen molar-refractivity contribution in [1.29, 1.82) is 0 Å². The average Bonchev–Trinajstić information content (AvgIpc) is 3.97. The van der Waals surface area contributed by atoms with Crippen LogP contribution in [0.25, 0.3) is 120 Å². The zero-order valence-electron chi connectivity index (χ0n) is 30.3. The molecule has 4 heterocycles. The number of benzene rings is 8. The number of aromatic nitrogens is 3. The summed E-state index contributed by atoms with van der Waals surface area (Å²) >= 11 is 1.79.